The van der Waals surface area contributed by atoms with Crippen LogP contribution in [-0.4, -0.2) is 51.5 Å². The summed E-state index contributed by atoms with van der Waals surface area (Å²) >= 11 is 0. The zero-order valence-corrected chi connectivity index (χ0v) is 11.3. The Labute approximate surface area is 109 Å². The number of carbonyl (C=O) groups excluding carboxylic acids is 1. The third-order valence-corrected chi connectivity index (χ3v) is 4.18. The summed E-state index contributed by atoms with van der Waals surface area (Å²) in [5.41, 5.74) is 0. The maximum absolute atomic E-state index is 12.2. The van der Waals surface area contributed by atoms with Crippen molar-refractivity contribution >= 4 is 5.91 Å². The van der Waals surface area contributed by atoms with E-state index < -0.39 is 0 Å². The lowest BCUT2D eigenvalue weighted by molar-refractivity contribution is -0.128. The molecule has 104 valence electrons. The molecular formula is C13H24N2O3. The molecule has 0 aliphatic carbocycles. The molecule has 2 rings (SSSR count). The maximum Gasteiger partial charge on any atom is 0.223 e. The van der Waals surface area contributed by atoms with Crippen molar-refractivity contribution in [2.45, 2.75) is 31.9 Å². The van der Waals surface area contributed by atoms with Gasteiger partial charge in [-0.3, -0.25) is 4.79 Å². The summed E-state index contributed by atoms with van der Waals surface area (Å²) in [7, 11) is 1.69. The number of rotatable bonds is 4. The Morgan fingerprint density at radius 1 is 1.39 bits per heavy atom. The van der Waals surface area contributed by atoms with Gasteiger partial charge in [-0.15, -0.1) is 0 Å². The van der Waals surface area contributed by atoms with Gasteiger partial charge >= 0.3 is 0 Å². The highest BCUT2D eigenvalue weighted by molar-refractivity contribution is 5.79. The van der Waals surface area contributed by atoms with Crippen LogP contribution in [0.5, 0.6) is 0 Å². The molecule has 3 atom stereocenters. The molecule has 0 radical (unpaired) electrons. The summed E-state index contributed by atoms with van der Waals surface area (Å²) < 4.78 is 10.7. The summed E-state index contributed by atoms with van der Waals surface area (Å²) in [5, 5.41) is 6.35. The van der Waals surface area contributed by atoms with Crippen molar-refractivity contribution in [1.29, 1.82) is 0 Å². The van der Waals surface area contributed by atoms with Crippen molar-refractivity contribution in [3.05, 3.63) is 0 Å². The van der Waals surface area contributed by atoms with Gasteiger partial charge in [0.15, 0.2) is 0 Å². The van der Waals surface area contributed by atoms with E-state index >= 15 is 0 Å². The van der Waals surface area contributed by atoms with Gasteiger partial charge in [0.2, 0.25) is 5.91 Å². The van der Waals surface area contributed by atoms with Gasteiger partial charge in [0.05, 0.1) is 12.1 Å². The fourth-order valence-electron chi connectivity index (χ4n) is 2.79. The summed E-state index contributed by atoms with van der Waals surface area (Å²) in [6.07, 6.45) is 2.08. The average Bonchev–Trinajstić information content (AvgIpc) is 2.86. The van der Waals surface area contributed by atoms with E-state index in [1.165, 1.54) is 0 Å². The summed E-state index contributed by atoms with van der Waals surface area (Å²) in [4.78, 5) is 12.2. The molecule has 18 heavy (non-hydrogen) atoms. The minimum atomic E-state index is 0.0620. The normalized spacial score (nSPS) is 31.2. The van der Waals surface area contributed by atoms with Gasteiger partial charge in [-0.05, 0) is 18.8 Å². The van der Waals surface area contributed by atoms with Crippen LogP contribution in [0, 0.1) is 11.8 Å². The van der Waals surface area contributed by atoms with E-state index in [0.29, 0.717) is 5.92 Å². The van der Waals surface area contributed by atoms with Crippen molar-refractivity contribution in [2.75, 3.05) is 33.4 Å². The zero-order valence-electron chi connectivity index (χ0n) is 11.3. The SMILES string of the molecule is CO[C@H]1CNC[C@H]1NC(=O)[C@H](C)C1CCOCC1. The predicted octanol–water partition coefficient (Wildman–Crippen LogP) is 0.152. The zero-order chi connectivity index (χ0) is 13.0. The van der Waals surface area contributed by atoms with Crippen LogP contribution < -0.4 is 10.6 Å². The molecule has 5 nitrogen and oxygen atoms in total. The maximum atomic E-state index is 12.2. The van der Waals surface area contributed by atoms with Crippen LogP contribution in [0.1, 0.15) is 19.8 Å². The lowest BCUT2D eigenvalue weighted by Crippen LogP contribution is -2.47. The van der Waals surface area contributed by atoms with Gasteiger partial charge in [-0.25, -0.2) is 0 Å². The number of hydrogen-bond donors (Lipinski definition) is 2. The van der Waals surface area contributed by atoms with Crippen LogP contribution in [0.4, 0.5) is 0 Å². The monoisotopic (exact) mass is 256 g/mol. The minimum absolute atomic E-state index is 0.0620. The van der Waals surface area contributed by atoms with Crippen LogP contribution in [-0.2, 0) is 14.3 Å². The van der Waals surface area contributed by atoms with Crippen molar-refractivity contribution in [3.63, 3.8) is 0 Å². The van der Waals surface area contributed by atoms with E-state index in [1.54, 1.807) is 7.11 Å². The first-order valence-electron chi connectivity index (χ1n) is 6.84. The highest BCUT2D eigenvalue weighted by Crippen LogP contribution is 2.23. The highest BCUT2D eigenvalue weighted by atomic mass is 16.5. The minimum Gasteiger partial charge on any atom is -0.381 e. The molecule has 2 aliphatic rings. The number of ether oxygens (including phenoxy) is 2. The number of methoxy groups -OCH3 is 1. The molecule has 2 fully saturated rings. The number of hydrogen-bond acceptors (Lipinski definition) is 4. The third-order valence-electron chi connectivity index (χ3n) is 4.18. The first-order chi connectivity index (χ1) is 8.72. The smallest absolute Gasteiger partial charge is 0.223 e. The lowest BCUT2D eigenvalue weighted by atomic mass is 9.86. The molecule has 0 spiro atoms. The van der Waals surface area contributed by atoms with E-state index in [9.17, 15) is 4.79 Å². The molecule has 0 unspecified atom stereocenters. The van der Waals surface area contributed by atoms with Crippen LogP contribution in [0.2, 0.25) is 0 Å². The third kappa shape index (κ3) is 3.22. The largest absolute Gasteiger partial charge is 0.381 e. The Bertz CT molecular complexity index is 279. The van der Waals surface area contributed by atoms with E-state index in [-0.39, 0.29) is 24.0 Å². The summed E-state index contributed by atoms with van der Waals surface area (Å²) in [6, 6.07) is 0.102. The Kier molecular flexibility index (Phi) is 4.97. The van der Waals surface area contributed by atoms with Gasteiger partial charge in [-0.1, -0.05) is 6.92 Å². The molecule has 5 heteroatoms. The van der Waals surface area contributed by atoms with E-state index in [2.05, 4.69) is 10.6 Å². The van der Waals surface area contributed by atoms with Crippen LogP contribution in [0.3, 0.4) is 0 Å². The number of nitrogens with one attached hydrogen (secondary N) is 2. The van der Waals surface area contributed by atoms with Crippen molar-refractivity contribution in [2.24, 2.45) is 11.8 Å². The van der Waals surface area contributed by atoms with Crippen molar-refractivity contribution in [1.82, 2.24) is 10.6 Å². The van der Waals surface area contributed by atoms with Gasteiger partial charge in [0, 0.05) is 39.3 Å². The molecule has 0 aromatic heterocycles. The Morgan fingerprint density at radius 3 is 2.78 bits per heavy atom. The quantitative estimate of drug-likeness (QED) is 0.752. The molecule has 2 aliphatic heterocycles. The second-order valence-corrected chi connectivity index (χ2v) is 5.29. The van der Waals surface area contributed by atoms with Crippen LogP contribution in [0.15, 0.2) is 0 Å². The van der Waals surface area contributed by atoms with Gasteiger partial charge < -0.3 is 20.1 Å². The van der Waals surface area contributed by atoms with Crippen LogP contribution >= 0.6 is 0 Å². The Morgan fingerprint density at radius 2 is 2.11 bits per heavy atom. The van der Waals surface area contributed by atoms with E-state index in [4.69, 9.17) is 9.47 Å². The van der Waals surface area contributed by atoms with Gasteiger partial charge in [-0.2, -0.15) is 0 Å². The summed E-state index contributed by atoms with van der Waals surface area (Å²) in [6.45, 7) is 5.20. The molecule has 0 bridgehead atoms. The molecule has 0 saturated carbocycles. The Hall–Kier alpha value is -0.650. The molecule has 1 amide bonds. The topological polar surface area (TPSA) is 59.6 Å². The van der Waals surface area contributed by atoms with Crippen molar-refractivity contribution in [3.8, 4) is 0 Å². The molecule has 2 saturated heterocycles. The molecule has 0 aromatic rings. The van der Waals surface area contributed by atoms with Crippen LogP contribution in [0.25, 0.3) is 0 Å². The molecule has 2 heterocycles. The number of amides is 1. The van der Waals surface area contributed by atoms with Crippen molar-refractivity contribution < 1.29 is 14.3 Å². The molecular weight excluding hydrogens is 232 g/mol. The van der Waals surface area contributed by atoms with E-state index in [0.717, 1.165) is 39.1 Å². The number of carbonyl (C=O) groups is 1. The highest BCUT2D eigenvalue weighted by Gasteiger charge is 2.32. The second-order valence-electron chi connectivity index (χ2n) is 5.29. The first kappa shape index (κ1) is 13.8. The van der Waals surface area contributed by atoms with Gasteiger partial charge in [0.1, 0.15) is 0 Å². The predicted molar refractivity (Wildman–Crippen MR) is 68.3 cm³/mol. The second kappa shape index (κ2) is 6.50. The Balaban J connectivity index is 1.82. The fourth-order valence-corrected chi connectivity index (χ4v) is 2.79. The fraction of sp³-hybridized carbons (Fsp3) is 0.923. The standard InChI is InChI=1S/C13H24N2O3/c1-9(10-3-5-18-6-4-10)13(16)15-11-7-14-8-12(11)17-2/h9-12,14H,3-8H2,1-2H3,(H,15,16)/t9-,11-,12+/m1/s1. The first-order valence-corrected chi connectivity index (χ1v) is 6.84. The molecule has 0 aromatic carbocycles. The average molecular weight is 256 g/mol. The lowest BCUT2D eigenvalue weighted by Gasteiger charge is -2.28. The summed E-state index contributed by atoms with van der Waals surface area (Å²) in [5.74, 6) is 0.666. The molecule has 2 N–H and O–H groups in total. The van der Waals surface area contributed by atoms with Gasteiger partial charge in [0.25, 0.3) is 0 Å². The van der Waals surface area contributed by atoms with E-state index in [1.807, 2.05) is 6.92 Å².